The highest BCUT2D eigenvalue weighted by molar-refractivity contribution is 7.90. The van der Waals surface area contributed by atoms with Crippen molar-refractivity contribution >= 4 is 9.84 Å². The van der Waals surface area contributed by atoms with Crippen molar-refractivity contribution in [2.45, 2.75) is 39.7 Å². The molecule has 0 saturated carbocycles. The van der Waals surface area contributed by atoms with Gasteiger partial charge in [-0.1, -0.05) is 20.8 Å². The molecule has 0 aromatic carbocycles. The first-order chi connectivity index (χ1) is 6.37. The fourth-order valence-corrected chi connectivity index (χ4v) is 2.02. The van der Waals surface area contributed by atoms with Crippen molar-refractivity contribution in [3.8, 4) is 0 Å². The average Bonchev–Trinajstić information content (AvgIpc) is 2.01. The molecule has 0 fully saturated rings. The summed E-state index contributed by atoms with van der Waals surface area (Å²) in [7, 11) is -2.82. The monoisotopic (exact) mass is 221 g/mol. The van der Waals surface area contributed by atoms with Gasteiger partial charge in [-0.3, -0.25) is 0 Å². The van der Waals surface area contributed by atoms with Gasteiger partial charge in [-0.05, 0) is 25.3 Å². The second-order valence-corrected chi connectivity index (χ2v) is 6.48. The molecule has 0 aliphatic rings. The minimum absolute atomic E-state index is 0.284. The maximum Gasteiger partial charge on any atom is 0.147 e. The third kappa shape index (κ3) is 7.33. The van der Waals surface area contributed by atoms with Crippen LogP contribution in [0.2, 0.25) is 0 Å². The van der Waals surface area contributed by atoms with E-state index in [1.165, 1.54) is 6.26 Å². The summed E-state index contributed by atoms with van der Waals surface area (Å²) < 4.78 is 22.0. The van der Waals surface area contributed by atoms with Gasteiger partial charge in [-0.15, -0.1) is 0 Å². The summed E-state index contributed by atoms with van der Waals surface area (Å²) in [6, 6.07) is 0.324. The summed E-state index contributed by atoms with van der Waals surface area (Å²) in [4.78, 5) is 0. The van der Waals surface area contributed by atoms with Crippen molar-refractivity contribution in [3.63, 3.8) is 0 Å². The lowest BCUT2D eigenvalue weighted by molar-refractivity contribution is 0.390. The third-order valence-electron chi connectivity index (χ3n) is 2.26. The highest BCUT2D eigenvalue weighted by Crippen LogP contribution is 2.07. The van der Waals surface area contributed by atoms with E-state index in [1.54, 1.807) is 0 Å². The molecular formula is C10H23NO2S. The quantitative estimate of drug-likeness (QED) is 0.707. The van der Waals surface area contributed by atoms with Crippen LogP contribution in [0.3, 0.4) is 0 Å². The summed E-state index contributed by atoms with van der Waals surface area (Å²) in [6.45, 7) is 7.32. The van der Waals surface area contributed by atoms with Crippen molar-refractivity contribution in [1.82, 2.24) is 5.32 Å². The molecule has 0 heterocycles. The summed E-state index contributed by atoms with van der Waals surface area (Å²) in [5.41, 5.74) is 0. The van der Waals surface area contributed by atoms with E-state index in [0.717, 1.165) is 19.4 Å². The van der Waals surface area contributed by atoms with Crippen molar-refractivity contribution in [3.05, 3.63) is 0 Å². The van der Waals surface area contributed by atoms with Gasteiger partial charge in [0.15, 0.2) is 0 Å². The zero-order valence-corrected chi connectivity index (χ0v) is 10.5. The topological polar surface area (TPSA) is 46.2 Å². The minimum Gasteiger partial charge on any atom is -0.314 e. The van der Waals surface area contributed by atoms with E-state index in [9.17, 15) is 8.42 Å². The van der Waals surface area contributed by atoms with Gasteiger partial charge in [-0.2, -0.15) is 0 Å². The van der Waals surface area contributed by atoms with Crippen LogP contribution in [0, 0.1) is 5.92 Å². The Balaban J connectivity index is 3.97. The van der Waals surface area contributed by atoms with E-state index in [4.69, 9.17) is 0 Å². The first-order valence-electron chi connectivity index (χ1n) is 5.28. The predicted molar refractivity (Wildman–Crippen MR) is 61.2 cm³/mol. The molecule has 3 nitrogen and oxygen atoms in total. The van der Waals surface area contributed by atoms with Crippen LogP contribution in [0.25, 0.3) is 0 Å². The lowest BCUT2D eigenvalue weighted by Gasteiger charge is -2.21. The van der Waals surface area contributed by atoms with Crippen molar-refractivity contribution in [2.24, 2.45) is 5.92 Å². The van der Waals surface area contributed by atoms with E-state index in [-0.39, 0.29) is 5.75 Å². The highest BCUT2D eigenvalue weighted by Gasteiger charge is 2.14. The second-order valence-electron chi connectivity index (χ2n) is 4.22. The normalized spacial score (nSPS) is 14.6. The summed E-state index contributed by atoms with van der Waals surface area (Å²) in [5.74, 6) is 0.773. The smallest absolute Gasteiger partial charge is 0.147 e. The molecule has 0 aliphatic heterocycles. The Bertz CT molecular complexity index is 235. The van der Waals surface area contributed by atoms with Gasteiger partial charge in [0.05, 0.1) is 5.75 Å². The van der Waals surface area contributed by atoms with Gasteiger partial charge in [-0.25, -0.2) is 8.42 Å². The largest absolute Gasteiger partial charge is 0.314 e. The molecule has 0 amide bonds. The van der Waals surface area contributed by atoms with Crippen molar-refractivity contribution in [2.75, 3.05) is 18.6 Å². The van der Waals surface area contributed by atoms with Crippen LogP contribution in [0.4, 0.5) is 0 Å². The number of rotatable bonds is 7. The van der Waals surface area contributed by atoms with Crippen LogP contribution in [0.15, 0.2) is 0 Å². The average molecular weight is 221 g/mol. The maximum absolute atomic E-state index is 11.0. The fourth-order valence-electron chi connectivity index (χ4n) is 1.34. The van der Waals surface area contributed by atoms with E-state index in [2.05, 4.69) is 26.1 Å². The fraction of sp³-hybridized carbons (Fsp3) is 1.00. The first-order valence-corrected chi connectivity index (χ1v) is 7.34. The maximum atomic E-state index is 11.0. The zero-order valence-electron chi connectivity index (χ0n) is 9.71. The van der Waals surface area contributed by atoms with Gasteiger partial charge in [0.1, 0.15) is 9.84 Å². The Kier molecular flexibility index (Phi) is 6.36. The number of sulfone groups is 1. The Morgan fingerprint density at radius 3 is 2.21 bits per heavy atom. The number of hydrogen-bond acceptors (Lipinski definition) is 3. The molecule has 0 radical (unpaired) electrons. The van der Waals surface area contributed by atoms with Crippen molar-refractivity contribution in [1.29, 1.82) is 0 Å². The summed E-state index contributed by atoms with van der Waals surface area (Å²) in [5, 5.41) is 3.38. The molecule has 0 aromatic rings. The Morgan fingerprint density at radius 1 is 1.29 bits per heavy atom. The first kappa shape index (κ1) is 13.9. The van der Waals surface area contributed by atoms with Crippen LogP contribution < -0.4 is 5.32 Å². The summed E-state index contributed by atoms with van der Waals surface area (Å²) in [6.07, 6.45) is 3.10. The molecular weight excluding hydrogens is 198 g/mol. The molecule has 0 rings (SSSR count). The molecule has 1 N–H and O–H groups in total. The minimum atomic E-state index is -2.82. The van der Waals surface area contributed by atoms with Gasteiger partial charge in [0, 0.05) is 12.3 Å². The second kappa shape index (κ2) is 6.40. The van der Waals surface area contributed by atoms with Crippen molar-refractivity contribution < 1.29 is 8.42 Å². The van der Waals surface area contributed by atoms with Crippen LogP contribution >= 0.6 is 0 Å². The molecule has 86 valence electrons. The Morgan fingerprint density at radius 2 is 1.86 bits per heavy atom. The predicted octanol–water partition coefficient (Wildman–Crippen LogP) is 1.45. The molecule has 14 heavy (non-hydrogen) atoms. The Labute approximate surface area is 88.2 Å². The highest BCUT2D eigenvalue weighted by atomic mass is 32.2. The standard InChI is InChI=1S/C10H23NO2S/c1-5-7-11-10(9(2)3)6-8-14(4,12)13/h9-11H,5-8H2,1-4H3. The molecule has 0 saturated heterocycles. The van der Waals surface area contributed by atoms with Crippen LogP contribution in [0.5, 0.6) is 0 Å². The van der Waals surface area contributed by atoms with E-state index >= 15 is 0 Å². The lowest BCUT2D eigenvalue weighted by atomic mass is 10.0. The van der Waals surface area contributed by atoms with Crippen LogP contribution in [-0.2, 0) is 9.84 Å². The molecule has 0 aromatic heterocycles. The number of hydrogen-bond donors (Lipinski definition) is 1. The van der Waals surface area contributed by atoms with E-state index in [1.807, 2.05) is 0 Å². The summed E-state index contributed by atoms with van der Waals surface area (Å²) >= 11 is 0. The zero-order chi connectivity index (χ0) is 11.2. The number of nitrogens with one attached hydrogen (secondary N) is 1. The molecule has 0 aliphatic carbocycles. The van der Waals surface area contributed by atoms with Crippen LogP contribution in [-0.4, -0.2) is 33.0 Å². The molecule has 0 bridgehead atoms. The third-order valence-corrected chi connectivity index (χ3v) is 3.24. The molecule has 1 atom stereocenters. The molecule has 1 unspecified atom stereocenters. The Hall–Kier alpha value is -0.0900. The SMILES string of the molecule is CCCNC(CCS(C)(=O)=O)C(C)C. The molecule has 0 spiro atoms. The van der Waals surface area contributed by atoms with E-state index < -0.39 is 9.84 Å². The van der Waals surface area contributed by atoms with E-state index in [0.29, 0.717) is 12.0 Å². The van der Waals surface area contributed by atoms with Gasteiger partial charge < -0.3 is 5.32 Å². The molecule has 4 heteroatoms. The van der Waals surface area contributed by atoms with Gasteiger partial charge in [0.2, 0.25) is 0 Å². The van der Waals surface area contributed by atoms with Crippen LogP contribution in [0.1, 0.15) is 33.6 Å². The lowest BCUT2D eigenvalue weighted by Crippen LogP contribution is -2.35. The van der Waals surface area contributed by atoms with Gasteiger partial charge in [0.25, 0.3) is 0 Å². The van der Waals surface area contributed by atoms with Gasteiger partial charge >= 0.3 is 0 Å².